The van der Waals surface area contributed by atoms with Gasteiger partial charge in [0.15, 0.2) is 14.9 Å². The van der Waals surface area contributed by atoms with E-state index in [1.54, 1.807) is 12.1 Å². The number of fused-ring (bicyclic) bond motifs is 1. The van der Waals surface area contributed by atoms with Crippen molar-refractivity contribution < 1.29 is 8.42 Å². The molecule has 18 heavy (non-hydrogen) atoms. The van der Waals surface area contributed by atoms with E-state index < -0.39 is 9.84 Å². The lowest BCUT2D eigenvalue weighted by atomic mass is 10.2. The quantitative estimate of drug-likeness (QED) is 0.791. The van der Waals surface area contributed by atoms with Gasteiger partial charge in [-0.15, -0.1) is 0 Å². The van der Waals surface area contributed by atoms with Crippen molar-refractivity contribution in [2.75, 3.05) is 5.75 Å². The summed E-state index contributed by atoms with van der Waals surface area (Å²) in [4.78, 5) is 4.15. The first-order valence-corrected chi connectivity index (χ1v) is 7.24. The van der Waals surface area contributed by atoms with Crippen LogP contribution in [0.15, 0.2) is 41.4 Å². The van der Waals surface area contributed by atoms with E-state index in [0.717, 1.165) is 5.39 Å². The molecule has 4 nitrogen and oxygen atoms in total. The molecule has 2 aromatic rings. The van der Waals surface area contributed by atoms with Crippen LogP contribution < -0.4 is 0 Å². The Kier molecular flexibility index (Phi) is 3.58. The normalized spacial score (nSPS) is 11.3. The molecule has 0 aliphatic heterocycles. The van der Waals surface area contributed by atoms with Gasteiger partial charge in [0, 0.05) is 11.8 Å². The van der Waals surface area contributed by atoms with Crippen LogP contribution >= 0.6 is 0 Å². The molecule has 2 rings (SSSR count). The molecule has 0 unspecified atom stereocenters. The molecule has 0 atom stereocenters. The number of hydrogen-bond donors (Lipinski definition) is 0. The van der Waals surface area contributed by atoms with E-state index >= 15 is 0 Å². The zero-order valence-electron chi connectivity index (χ0n) is 9.70. The molecule has 0 fully saturated rings. The third-order valence-corrected chi connectivity index (χ3v) is 4.28. The molecule has 1 aromatic carbocycles. The molecule has 0 spiro atoms. The Bertz CT molecular complexity index is 702. The Morgan fingerprint density at radius 2 is 1.94 bits per heavy atom. The molecular formula is C13H12N2O2S. The summed E-state index contributed by atoms with van der Waals surface area (Å²) in [5.74, 6) is -0.0358. The van der Waals surface area contributed by atoms with Crippen molar-refractivity contribution >= 4 is 20.7 Å². The third kappa shape index (κ3) is 2.66. The van der Waals surface area contributed by atoms with Gasteiger partial charge in [0.05, 0.1) is 17.3 Å². The maximum atomic E-state index is 12.0. The molecule has 0 saturated carbocycles. The Labute approximate surface area is 106 Å². The van der Waals surface area contributed by atoms with Crippen LogP contribution in [0.25, 0.3) is 10.9 Å². The molecule has 0 radical (unpaired) electrons. The fourth-order valence-corrected chi connectivity index (χ4v) is 2.91. The smallest absolute Gasteiger partial charge is 0.195 e. The molecule has 0 saturated heterocycles. The van der Waals surface area contributed by atoms with Crippen molar-refractivity contribution in [1.29, 1.82) is 5.26 Å². The predicted octanol–water partition coefficient (Wildman–Crippen LogP) is 2.31. The lowest BCUT2D eigenvalue weighted by Gasteiger charge is -2.03. The molecule has 0 N–H and O–H groups in total. The van der Waals surface area contributed by atoms with Crippen molar-refractivity contribution in [2.45, 2.75) is 17.9 Å². The number of benzene rings is 1. The van der Waals surface area contributed by atoms with Crippen LogP contribution in [0.5, 0.6) is 0 Å². The van der Waals surface area contributed by atoms with E-state index in [-0.39, 0.29) is 17.2 Å². The second kappa shape index (κ2) is 5.15. The van der Waals surface area contributed by atoms with Crippen molar-refractivity contribution in [3.8, 4) is 6.07 Å². The third-order valence-electron chi connectivity index (χ3n) is 2.59. The highest BCUT2D eigenvalue weighted by molar-refractivity contribution is 7.91. The fourth-order valence-electron chi connectivity index (χ4n) is 1.67. The van der Waals surface area contributed by atoms with Gasteiger partial charge >= 0.3 is 0 Å². The molecule has 0 aliphatic rings. The van der Waals surface area contributed by atoms with Gasteiger partial charge in [-0.2, -0.15) is 5.26 Å². The molecule has 0 bridgehead atoms. The summed E-state index contributed by atoms with van der Waals surface area (Å²) in [6.45, 7) is 0. The zero-order chi connectivity index (χ0) is 13.0. The molecular weight excluding hydrogens is 248 g/mol. The minimum absolute atomic E-state index is 0.0358. The Balaban J connectivity index is 2.33. The van der Waals surface area contributed by atoms with E-state index in [1.807, 2.05) is 24.3 Å². The summed E-state index contributed by atoms with van der Waals surface area (Å²) in [6, 6.07) is 12.6. The largest absolute Gasteiger partial charge is 0.236 e. The standard InChI is InChI=1S/C13H12N2O2S/c14-9-3-4-10-18(16,17)13-8-7-11-5-1-2-6-12(11)15-13/h1-2,5-8H,3-4,10H2. The fraction of sp³-hybridized carbons (Fsp3) is 0.231. The van der Waals surface area contributed by atoms with Gasteiger partial charge in [0.25, 0.3) is 0 Å². The molecule has 1 heterocycles. The van der Waals surface area contributed by atoms with Crippen molar-refractivity contribution in [1.82, 2.24) is 4.98 Å². The van der Waals surface area contributed by atoms with Crippen LogP contribution in [0, 0.1) is 11.3 Å². The lowest BCUT2D eigenvalue weighted by molar-refractivity contribution is 0.590. The van der Waals surface area contributed by atoms with E-state index in [1.165, 1.54) is 6.07 Å². The highest BCUT2D eigenvalue weighted by atomic mass is 32.2. The predicted molar refractivity (Wildman–Crippen MR) is 68.6 cm³/mol. The number of aromatic nitrogens is 1. The summed E-state index contributed by atoms with van der Waals surface area (Å²) >= 11 is 0. The maximum absolute atomic E-state index is 12.0. The van der Waals surface area contributed by atoms with Gasteiger partial charge in [-0.05, 0) is 24.6 Å². The van der Waals surface area contributed by atoms with Gasteiger partial charge in [-0.25, -0.2) is 13.4 Å². The Hall–Kier alpha value is -1.93. The van der Waals surface area contributed by atoms with Crippen molar-refractivity contribution in [3.63, 3.8) is 0 Å². The second-order valence-corrected chi connectivity index (χ2v) is 5.98. The van der Waals surface area contributed by atoms with Crippen LogP contribution in [0.3, 0.4) is 0 Å². The summed E-state index contributed by atoms with van der Waals surface area (Å²) in [5, 5.41) is 9.41. The summed E-state index contributed by atoms with van der Waals surface area (Å²) in [5.41, 5.74) is 0.666. The number of rotatable bonds is 4. The molecule has 0 amide bonds. The van der Waals surface area contributed by atoms with Crippen LogP contribution in [-0.2, 0) is 9.84 Å². The first kappa shape index (κ1) is 12.5. The average molecular weight is 260 g/mol. The summed E-state index contributed by atoms with van der Waals surface area (Å²) in [7, 11) is -3.39. The van der Waals surface area contributed by atoms with Crippen LogP contribution in [0.1, 0.15) is 12.8 Å². The van der Waals surface area contributed by atoms with Crippen LogP contribution in [0.4, 0.5) is 0 Å². The van der Waals surface area contributed by atoms with E-state index in [0.29, 0.717) is 11.9 Å². The average Bonchev–Trinajstić information content (AvgIpc) is 2.38. The van der Waals surface area contributed by atoms with Gasteiger partial charge in [0.1, 0.15) is 0 Å². The minimum Gasteiger partial charge on any atom is -0.236 e. The minimum atomic E-state index is -3.39. The van der Waals surface area contributed by atoms with Crippen LogP contribution in [-0.4, -0.2) is 19.2 Å². The highest BCUT2D eigenvalue weighted by Crippen LogP contribution is 2.16. The highest BCUT2D eigenvalue weighted by Gasteiger charge is 2.15. The van der Waals surface area contributed by atoms with Gasteiger partial charge in [0.2, 0.25) is 0 Å². The topological polar surface area (TPSA) is 70.8 Å². The molecule has 0 aliphatic carbocycles. The van der Waals surface area contributed by atoms with E-state index in [2.05, 4.69) is 4.98 Å². The monoisotopic (exact) mass is 260 g/mol. The number of nitrogens with zero attached hydrogens (tertiary/aromatic N) is 2. The number of hydrogen-bond acceptors (Lipinski definition) is 4. The molecule has 1 aromatic heterocycles. The second-order valence-electron chi connectivity index (χ2n) is 3.92. The SMILES string of the molecule is N#CCCCS(=O)(=O)c1ccc2ccccc2n1. The van der Waals surface area contributed by atoms with Crippen molar-refractivity contribution in [3.05, 3.63) is 36.4 Å². The Morgan fingerprint density at radius 1 is 1.17 bits per heavy atom. The van der Waals surface area contributed by atoms with E-state index in [4.69, 9.17) is 5.26 Å². The van der Waals surface area contributed by atoms with E-state index in [9.17, 15) is 8.42 Å². The maximum Gasteiger partial charge on any atom is 0.195 e. The summed E-state index contributed by atoms with van der Waals surface area (Å²) < 4.78 is 24.0. The van der Waals surface area contributed by atoms with Gasteiger partial charge in [-0.3, -0.25) is 0 Å². The first-order chi connectivity index (χ1) is 8.63. The molecule has 92 valence electrons. The zero-order valence-corrected chi connectivity index (χ0v) is 10.5. The summed E-state index contributed by atoms with van der Waals surface area (Å²) in [6.07, 6.45) is 0.583. The number of unbranched alkanes of at least 4 members (excludes halogenated alkanes) is 1. The van der Waals surface area contributed by atoms with Crippen LogP contribution in [0.2, 0.25) is 0 Å². The number of nitriles is 1. The van der Waals surface area contributed by atoms with Gasteiger partial charge < -0.3 is 0 Å². The number of pyridine rings is 1. The van der Waals surface area contributed by atoms with Gasteiger partial charge in [-0.1, -0.05) is 18.2 Å². The number of sulfone groups is 1. The first-order valence-electron chi connectivity index (χ1n) is 5.59. The number of para-hydroxylation sites is 1. The lowest BCUT2D eigenvalue weighted by Crippen LogP contribution is -2.08. The Morgan fingerprint density at radius 3 is 2.72 bits per heavy atom. The van der Waals surface area contributed by atoms with Crippen molar-refractivity contribution in [2.24, 2.45) is 0 Å². The molecule has 5 heteroatoms.